The highest BCUT2D eigenvalue weighted by Crippen LogP contribution is 2.44. The third kappa shape index (κ3) is 4.46. The van der Waals surface area contributed by atoms with Gasteiger partial charge in [-0.1, -0.05) is 13.8 Å². The van der Waals surface area contributed by atoms with E-state index in [9.17, 15) is 9.59 Å². The van der Waals surface area contributed by atoms with Crippen LogP contribution in [0.1, 0.15) is 26.7 Å². The molecular formula is C11H20N2O3S. The number of carboxylic acids is 1. The van der Waals surface area contributed by atoms with Crippen LogP contribution in [0.15, 0.2) is 0 Å². The normalized spacial score (nSPS) is 22.6. The van der Waals surface area contributed by atoms with Crippen LogP contribution in [0, 0.1) is 5.41 Å². The van der Waals surface area contributed by atoms with E-state index in [1.807, 2.05) is 6.26 Å². The Kier molecular flexibility index (Phi) is 4.68. The molecule has 0 aromatic carbocycles. The van der Waals surface area contributed by atoms with E-state index >= 15 is 0 Å². The zero-order valence-electron chi connectivity index (χ0n) is 10.4. The van der Waals surface area contributed by atoms with Gasteiger partial charge in [0, 0.05) is 6.04 Å². The summed E-state index contributed by atoms with van der Waals surface area (Å²) in [5, 5.41) is 14.2. The van der Waals surface area contributed by atoms with Gasteiger partial charge in [0.15, 0.2) is 0 Å². The summed E-state index contributed by atoms with van der Waals surface area (Å²) in [4.78, 5) is 22.5. The number of amides is 2. The van der Waals surface area contributed by atoms with Crippen molar-refractivity contribution in [2.75, 3.05) is 12.0 Å². The van der Waals surface area contributed by atoms with Gasteiger partial charge in [-0.25, -0.2) is 9.59 Å². The van der Waals surface area contributed by atoms with Crippen LogP contribution in [0.2, 0.25) is 0 Å². The summed E-state index contributed by atoms with van der Waals surface area (Å²) in [5.74, 6) is -0.268. The minimum Gasteiger partial charge on any atom is -0.480 e. The predicted molar refractivity (Wildman–Crippen MR) is 68.3 cm³/mol. The molecule has 5 nitrogen and oxygen atoms in total. The standard InChI is InChI=1S/C11H20N2O3S/c1-11(2)6-8(11)13-10(16)12-7(9(14)15)4-5-17-3/h7-8H,4-6H2,1-3H3,(H,14,15)(H2,12,13,16)/t7-,8?/m0/s1. The molecule has 6 heteroatoms. The number of rotatable bonds is 6. The highest BCUT2D eigenvalue weighted by molar-refractivity contribution is 7.98. The molecule has 0 bridgehead atoms. The van der Waals surface area contributed by atoms with Crippen LogP contribution < -0.4 is 10.6 Å². The molecule has 1 unspecified atom stereocenters. The summed E-state index contributed by atoms with van der Waals surface area (Å²) < 4.78 is 0. The first-order chi connectivity index (χ1) is 7.86. The summed E-state index contributed by atoms with van der Waals surface area (Å²) in [6.07, 6.45) is 3.30. The Balaban J connectivity index is 2.34. The summed E-state index contributed by atoms with van der Waals surface area (Å²) >= 11 is 1.57. The molecule has 17 heavy (non-hydrogen) atoms. The van der Waals surface area contributed by atoms with Crippen LogP contribution in [0.3, 0.4) is 0 Å². The largest absolute Gasteiger partial charge is 0.480 e. The van der Waals surface area contributed by atoms with E-state index in [4.69, 9.17) is 5.11 Å². The molecular weight excluding hydrogens is 240 g/mol. The number of carbonyl (C=O) groups is 2. The van der Waals surface area contributed by atoms with Crippen LogP contribution >= 0.6 is 11.8 Å². The minimum atomic E-state index is -0.982. The molecule has 2 amide bonds. The molecule has 0 aromatic rings. The van der Waals surface area contributed by atoms with Gasteiger partial charge in [0.05, 0.1) is 0 Å². The number of carbonyl (C=O) groups excluding carboxylic acids is 1. The van der Waals surface area contributed by atoms with E-state index in [1.54, 1.807) is 11.8 Å². The molecule has 1 fully saturated rings. The smallest absolute Gasteiger partial charge is 0.326 e. The van der Waals surface area contributed by atoms with Gasteiger partial charge < -0.3 is 15.7 Å². The van der Waals surface area contributed by atoms with Gasteiger partial charge in [-0.05, 0) is 30.3 Å². The van der Waals surface area contributed by atoms with Crippen LogP contribution in [0.5, 0.6) is 0 Å². The number of hydrogen-bond acceptors (Lipinski definition) is 3. The molecule has 3 N–H and O–H groups in total. The first-order valence-electron chi connectivity index (χ1n) is 5.65. The Bertz CT molecular complexity index is 307. The van der Waals surface area contributed by atoms with E-state index in [2.05, 4.69) is 24.5 Å². The third-order valence-corrected chi connectivity index (χ3v) is 3.68. The molecule has 1 rings (SSSR count). The highest BCUT2D eigenvalue weighted by Gasteiger charge is 2.46. The fourth-order valence-corrected chi connectivity index (χ4v) is 2.04. The Morgan fingerprint density at radius 1 is 1.53 bits per heavy atom. The quantitative estimate of drug-likeness (QED) is 0.672. The van der Waals surface area contributed by atoms with Crippen molar-refractivity contribution >= 4 is 23.8 Å². The van der Waals surface area contributed by atoms with Crippen molar-refractivity contribution in [1.82, 2.24) is 10.6 Å². The first kappa shape index (κ1) is 14.2. The van der Waals surface area contributed by atoms with Crippen LogP contribution in [-0.4, -0.2) is 41.2 Å². The number of aliphatic carboxylic acids is 1. The minimum absolute atomic E-state index is 0.148. The Morgan fingerprint density at radius 3 is 2.53 bits per heavy atom. The summed E-state index contributed by atoms with van der Waals surface area (Å²) in [6, 6.07) is -1.02. The van der Waals surface area contributed by atoms with Gasteiger partial charge in [0.25, 0.3) is 0 Å². The lowest BCUT2D eigenvalue weighted by Crippen LogP contribution is -2.47. The van der Waals surface area contributed by atoms with Crippen molar-refractivity contribution in [3.8, 4) is 0 Å². The zero-order valence-corrected chi connectivity index (χ0v) is 11.3. The molecule has 0 aromatic heterocycles. The van der Waals surface area contributed by atoms with Crippen LogP contribution in [0.4, 0.5) is 4.79 Å². The second kappa shape index (κ2) is 5.62. The Hall–Kier alpha value is -0.910. The maximum Gasteiger partial charge on any atom is 0.326 e. The molecule has 0 radical (unpaired) electrons. The Labute approximate surface area is 106 Å². The van der Waals surface area contributed by atoms with Crippen molar-refractivity contribution in [2.45, 2.75) is 38.8 Å². The topological polar surface area (TPSA) is 78.4 Å². The second-order valence-electron chi connectivity index (χ2n) is 5.04. The van der Waals surface area contributed by atoms with Crippen molar-refractivity contribution in [2.24, 2.45) is 5.41 Å². The van der Waals surface area contributed by atoms with Gasteiger partial charge in [-0.15, -0.1) is 0 Å². The zero-order chi connectivity index (χ0) is 13.1. The lowest BCUT2D eigenvalue weighted by molar-refractivity contribution is -0.139. The maximum atomic E-state index is 11.6. The van der Waals surface area contributed by atoms with Gasteiger partial charge in [-0.2, -0.15) is 11.8 Å². The van der Waals surface area contributed by atoms with Crippen LogP contribution in [-0.2, 0) is 4.79 Å². The lowest BCUT2D eigenvalue weighted by Gasteiger charge is -2.15. The number of nitrogens with one attached hydrogen (secondary N) is 2. The van der Waals surface area contributed by atoms with Crippen molar-refractivity contribution in [3.05, 3.63) is 0 Å². The summed E-state index contributed by atoms with van der Waals surface area (Å²) in [5.41, 5.74) is 0.148. The molecule has 0 spiro atoms. The summed E-state index contributed by atoms with van der Waals surface area (Å²) in [7, 11) is 0. The molecule has 0 saturated heterocycles. The monoisotopic (exact) mass is 260 g/mol. The Morgan fingerprint density at radius 2 is 2.12 bits per heavy atom. The van der Waals surface area contributed by atoms with E-state index in [0.29, 0.717) is 12.2 Å². The van der Waals surface area contributed by atoms with Crippen molar-refractivity contribution in [3.63, 3.8) is 0 Å². The summed E-state index contributed by atoms with van der Waals surface area (Å²) in [6.45, 7) is 4.14. The average molecular weight is 260 g/mol. The van der Waals surface area contributed by atoms with Gasteiger partial charge in [0.1, 0.15) is 6.04 Å². The van der Waals surface area contributed by atoms with Gasteiger partial charge in [-0.3, -0.25) is 0 Å². The maximum absolute atomic E-state index is 11.6. The van der Waals surface area contributed by atoms with Crippen molar-refractivity contribution in [1.29, 1.82) is 0 Å². The molecule has 98 valence electrons. The molecule has 0 aliphatic heterocycles. The van der Waals surface area contributed by atoms with Crippen LogP contribution in [0.25, 0.3) is 0 Å². The van der Waals surface area contributed by atoms with Gasteiger partial charge >= 0.3 is 12.0 Å². The number of urea groups is 1. The second-order valence-corrected chi connectivity index (χ2v) is 6.02. The fraction of sp³-hybridized carbons (Fsp3) is 0.818. The molecule has 2 atom stereocenters. The first-order valence-corrected chi connectivity index (χ1v) is 7.05. The third-order valence-electron chi connectivity index (χ3n) is 3.03. The fourth-order valence-electron chi connectivity index (χ4n) is 1.56. The predicted octanol–water partition coefficient (Wildman–Crippen LogP) is 1.29. The molecule has 0 heterocycles. The van der Waals surface area contributed by atoms with E-state index in [0.717, 1.165) is 6.42 Å². The average Bonchev–Trinajstić information content (AvgIpc) is 2.80. The molecule has 1 aliphatic rings. The van der Waals surface area contributed by atoms with Gasteiger partial charge in [0.2, 0.25) is 0 Å². The number of thioether (sulfide) groups is 1. The van der Waals surface area contributed by atoms with E-state index < -0.39 is 12.0 Å². The molecule has 1 saturated carbocycles. The SMILES string of the molecule is CSCC[C@H](NC(=O)NC1CC1(C)C)C(=O)O. The number of hydrogen-bond donors (Lipinski definition) is 3. The highest BCUT2D eigenvalue weighted by atomic mass is 32.2. The van der Waals surface area contributed by atoms with E-state index in [-0.39, 0.29) is 17.5 Å². The molecule has 1 aliphatic carbocycles. The number of carboxylic acid groups (broad SMARTS) is 1. The van der Waals surface area contributed by atoms with E-state index in [1.165, 1.54) is 0 Å². The van der Waals surface area contributed by atoms with Crippen molar-refractivity contribution < 1.29 is 14.7 Å². The lowest BCUT2D eigenvalue weighted by atomic mass is 10.2.